The molecule has 1 aliphatic heterocycles. The number of carboxylic acids is 1. The molecule has 3 aromatic carbocycles. The summed E-state index contributed by atoms with van der Waals surface area (Å²) in [6.07, 6.45) is 1.72. The Labute approximate surface area is 213 Å². The van der Waals surface area contributed by atoms with Gasteiger partial charge in [0.1, 0.15) is 17.9 Å². The van der Waals surface area contributed by atoms with Crippen LogP contribution in [0.15, 0.2) is 66.7 Å². The van der Waals surface area contributed by atoms with Crippen molar-refractivity contribution in [2.45, 2.75) is 65.0 Å². The van der Waals surface area contributed by atoms with Crippen LogP contribution < -0.4 is 4.74 Å². The molecule has 1 N–H and O–H groups in total. The molecule has 3 aromatic rings. The third-order valence-electron chi connectivity index (χ3n) is 6.80. The van der Waals surface area contributed by atoms with Crippen LogP contribution in [0, 0.1) is 6.92 Å². The van der Waals surface area contributed by atoms with Crippen LogP contribution in [0.4, 0.5) is 0 Å². The van der Waals surface area contributed by atoms with Gasteiger partial charge >= 0.3 is 5.97 Å². The van der Waals surface area contributed by atoms with Crippen molar-refractivity contribution in [1.82, 2.24) is 4.90 Å². The average Bonchev–Trinajstić information content (AvgIpc) is 3.15. The minimum absolute atomic E-state index is 0.153. The first-order chi connectivity index (χ1) is 17.1. The first kappa shape index (κ1) is 25.5. The molecule has 0 spiro atoms. The van der Waals surface area contributed by atoms with Gasteiger partial charge in [0.15, 0.2) is 0 Å². The van der Waals surface area contributed by atoms with Gasteiger partial charge in [0.05, 0.1) is 6.42 Å². The van der Waals surface area contributed by atoms with Crippen LogP contribution in [-0.4, -0.2) is 34.0 Å². The lowest BCUT2D eigenvalue weighted by atomic mass is 9.90. The monoisotopic (exact) mass is 485 g/mol. The normalized spacial score (nSPS) is 16.5. The highest BCUT2D eigenvalue weighted by molar-refractivity contribution is 5.83. The summed E-state index contributed by atoms with van der Waals surface area (Å²) in [5.74, 6) is 0.139. The van der Waals surface area contributed by atoms with Gasteiger partial charge in [-0.3, -0.25) is 9.59 Å². The van der Waals surface area contributed by atoms with E-state index in [0.717, 1.165) is 40.8 Å². The van der Waals surface area contributed by atoms with Gasteiger partial charge in [-0.2, -0.15) is 0 Å². The zero-order valence-corrected chi connectivity index (χ0v) is 21.6. The number of hydrogen-bond donors (Lipinski definition) is 1. The van der Waals surface area contributed by atoms with Crippen LogP contribution in [-0.2, 0) is 35.4 Å². The summed E-state index contributed by atoms with van der Waals surface area (Å²) in [6, 6.07) is 22.4. The van der Waals surface area contributed by atoms with Crippen molar-refractivity contribution in [2.24, 2.45) is 0 Å². The molecule has 0 aromatic heterocycles. The van der Waals surface area contributed by atoms with E-state index in [0.29, 0.717) is 5.92 Å². The number of aliphatic carboxylic acids is 1. The summed E-state index contributed by atoms with van der Waals surface area (Å²) in [6.45, 7) is 8.46. The van der Waals surface area contributed by atoms with Crippen LogP contribution in [0.2, 0.25) is 0 Å². The summed E-state index contributed by atoms with van der Waals surface area (Å²) in [5, 5.41) is 9.36. The van der Waals surface area contributed by atoms with Gasteiger partial charge in [0, 0.05) is 19.4 Å². The van der Waals surface area contributed by atoms with Gasteiger partial charge in [-0.05, 0) is 53.6 Å². The first-order valence-electron chi connectivity index (χ1n) is 12.5. The maximum atomic E-state index is 13.1. The van der Waals surface area contributed by atoms with Gasteiger partial charge in [-0.25, -0.2) is 0 Å². The molecule has 0 radical (unpaired) electrons. The first-order valence-corrected chi connectivity index (χ1v) is 12.5. The number of carbonyl (C=O) groups is 2. The minimum atomic E-state index is -1.02. The van der Waals surface area contributed by atoms with Gasteiger partial charge in [-0.1, -0.05) is 80.1 Å². The van der Waals surface area contributed by atoms with Crippen molar-refractivity contribution in [2.75, 3.05) is 6.54 Å². The van der Waals surface area contributed by atoms with E-state index < -0.39 is 5.97 Å². The second kappa shape index (κ2) is 10.6. The van der Waals surface area contributed by atoms with E-state index in [1.54, 1.807) is 0 Å². The Morgan fingerprint density at radius 2 is 1.61 bits per heavy atom. The molecule has 0 aliphatic carbocycles. The molecule has 0 bridgehead atoms. The molecule has 5 heteroatoms. The second-order valence-electron chi connectivity index (χ2n) is 10.5. The molecule has 0 saturated heterocycles. The van der Waals surface area contributed by atoms with Gasteiger partial charge in [0.2, 0.25) is 5.91 Å². The molecule has 0 fully saturated rings. The Kier molecular flexibility index (Phi) is 7.48. The fourth-order valence-electron chi connectivity index (χ4n) is 4.83. The summed E-state index contributed by atoms with van der Waals surface area (Å²) in [7, 11) is 0. The van der Waals surface area contributed by atoms with Crippen LogP contribution in [0.3, 0.4) is 0 Å². The van der Waals surface area contributed by atoms with E-state index in [4.69, 9.17) is 4.74 Å². The third-order valence-corrected chi connectivity index (χ3v) is 6.80. The van der Waals surface area contributed by atoms with Gasteiger partial charge in [0.25, 0.3) is 0 Å². The molecule has 36 heavy (non-hydrogen) atoms. The number of amides is 1. The largest absolute Gasteiger partial charge is 0.487 e. The van der Waals surface area contributed by atoms with Crippen molar-refractivity contribution >= 4 is 11.9 Å². The molecule has 1 heterocycles. The second-order valence-corrected chi connectivity index (χ2v) is 10.5. The maximum absolute atomic E-state index is 13.1. The zero-order valence-electron chi connectivity index (χ0n) is 21.6. The molecule has 0 unspecified atom stereocenters. The van der Waals surface area contributed by atoms with Crippen LogP contribution in [0.1, 0.15) is 60.1 Å². The lowest BCUT2D eigenvalue weighted by Gasteiger charge is -2.24. The molecular weight excluding hydrogens is 450 g/mol. The zero-order chi connectivity index (χ0) is 25.9. The van der Waals surface area contributed by atoms with E-state index >= 15 is 0 Å². The summed E-state index contributed by atoms with van der Waals surface area (Å²) in [4.78, 5) is 25.9. The van der Waals surface area contributed by atoms with Crippen molar-refractivity contribution in [1.29, 1.82) is 0 Å². The van der Waals surface area contributed by atoms with E-state index in [2.05, 4.69) is 45.0 Å². The lowest BCUT2D eigenvalue weighted by Crippen LogP contribution is -2.36. The number of carbonyl (C=O) groups excluding carboxylic acids is 1. The lowest BCUT2D eigenvalue weighted by molar-refractivity contribution is -0.144. The highest BCUT2D eigenvalue weighted by Crippen LogP contribution is 2.37. The molecule has 0 saturated carbocycles. The smallest absolute Gasteiger partial charge is 0.323 e. The van der Waals surface area contributed by atoms with E-state index in [-0.39, 0.29) is 31.0 Å². The average molecular weight is 486 g/mol. The number of aryl methyl sites for hydroxylation is 1. The Morgan fingerprint density at radius 3 is 2.25 bits per heavy atom. The van der Waals surface area contributed by atoms with Crippen LogP contribution >= 0.6 is 0 Å². The number of hydrogen-bond acceptors (Lipinski definition) is 3. The minimum Gasteiger partial charge on any atom is -0.487 e. The van der Waals surface area contributed by atoms with Gasteiger partial charge < -0.3 is 14.7 Å². The fraction of sp³-hybridized carbons (Fsp3) is 0.355. The van der Waals surface area contributed by atoms with Gasteiger partial charge in [-0.15, -0.1) is 0 Å². The molecular formula is C31H35NO4. The third kappa shape index (κ3) is 6.34. The number of nitrogens with zero attached hydrogens (tertiary/aromatic N) is 1. The van der Waals surface area contributed by atoms with E-state index in [1.165, 1.54) is 16.0 Å². The molecule has 1 aliphatic rings. The van der Waals surface area contributed by atoms with Crippen molar-refractivity contribution in [3.63, 3.8) is 0 Å². The molecule has 4 rings (SSSR count). The van der Waals surface area contributed by atoms with Crippen LogP contribution in [0.5, 0.6) is 5.75 Å². The highest BCUT2D eigenvalue weighted by atomic mass is 16.5. The van der Waals surface area contributed by atoms with E-state index in [9.17, 15) is 14.7 Å². The van der Waals surface area contributed by atoms with E-state index in [1.807, 2.05) is 49.4 Å². The standard InChI is InChI=1S/C31H35NO4/c1-21(2)26-12-9-23(10-13-26)17-31(4)18-27-15-25(11-14-28(27)36-31)16-29(33)32(20-30(34)35)19-24-7-5-22(3)6-8-24/h5-15,21H,16-20H2,1-4H3,(H,34,35)/t31-/m1/s1. The number of benzene rings is 3. The topological polar surface area (TPSA) is 66.8 Å². The predicted octanol–water partition coefficient (Wildman–Crippen LogP) is 5.71. The molecule has 1 amide bonds. The Bertz CT molecular complexity index is 1230. The Balaban J connectivity index is 1.43. The van der Waals surface area contributed by atoms with Crippen molar-refractivity contribution in [3.8, 4) is 5.75 Å². The highest BCUT2D eigenvalue weighted by Gasteiger charge is 2.35. The fourth-order valence-corrected chi connectivity index (χ4v) is 4.83. The molecule has 5 nitrogen and oxygen atoms in total. The summed E-state index contributed by atoms with van der Waals surface area (Å²) in [5.41, 5.74) is 6.21. The summed E-state index contributed by atoms with van der Waals surface area (Å²) < 4.78 is 6.35. The molecule has 188 valence electrons. The Hall–Kier alpha value is -3.60. The number of carboxylic acid groups (broad SMARTS) is 1. The van der Waals surface area contributed by atoms with Crippen LogP contribution in [0.25, 0.3) is 0 Å². The van der Waals surface area contributed by atoms with Crippen molar-refractivity contribution in [3.05, 3.63) is 100 Å². The predicted molar refractivity (Wildman–Crippen MR) is 141 cm³/mol. The maximum Gasteiger partial charge on any atom is 0.323 e. The molecule has 1 atom stereocenters. The quantitative estimate of drug-likeness (QED) is 0.422. The number of rotatable bonds is 9. The SMILES string of the molecule is Cc1ccc(CN(CC(=O)O)C(=O)Cc2ccc3c(c2)C[C@@](C)(Cc2ccc(C(C)C)cc2)O3)cc1. The number of fused-ring (bicyclic) bond motifs is 1. The Morgan fingerprint density at radius 1 is 0.972 bits per heavy atom. The summed E-state index contributed by atoms with van der Waals surface area (Å²) >= 11 is 0. The van der Waals surface area contributed by atoms with Crippen molar-refractivity contribution < 1.29 is 19.4 Å². The number of ether oxygens (including phenoxy) is 1.